The molecule has 0 aliphatic carbocycles. The molecule has 0 saturated carbocycles. The second-order valence-electron chi connectivity index (χ2n) is 8.55. The summed E-state index contributed by atoms with van der Waals surface area (Å²) in [6, 6.07) is 19.9. The quantitative estimate of drug-likeness (QED) is 0.450. The van der Waals surface area contributed by atoms with Gasteiger partial charge in [-0.3, -0.25) is 4.79 Å². The summed E-state index contributed by atoms with van der Waals surface area (Å²) in [7, 11) is 4.10. The first-order valence-corrected chi connectivity index (χ1v) is 11.4. The number of carbonyl (C=O) groups excluding carboxylic acids is 1. The van der Waals surface area contributed by atoms with E-state index < -0.39 is 0 Å². The van der Waals surface area contributed by atoms with Gasteiger partial charge in [0, 0.05) is 30.3 Å². The van der Waals surface area contributed by atoms with Crippen molar-refractivity contribution in [1.29, 1.82) is 0 Å². The van der Waals surface area contributed by atoms with Crippen LogP contribution in [0, 0.1) is 0 Å². The SMILES string of the molecule is CN(C)C1CCN(C(=O)Cn2nc(-c3ccccc3)c3c(Cl)c(-c4ccccc4)nnc32)C1. The molecule has 3 heterocycles. The molecule has 1 amide bonds. The number of fused-ring (bicyclic) bond motifs is 1. The normalized spacial score (nSPS) is 16.1. The summed E-state index contributed by atoms with van der Waals surface area (Å²) in [6.07, 6.45) is 0.972. The Balaban J connectivity index is 1.57. The van der Waals surface area contributed by atoms with Gasteiger partial charge in [0.25, 0.3) is 0 Å². The number of aromatic nitrogens is 4. The number of hydrogen-bond acceptors (Lipinski definition) is 5. The van der Waals surface area contributed by atoms with E-state index in [9.17, 15) is 4.79 Å². The van der Waals surface area contributed by atoms with Crippen molar-refractivity contribution in [3.8, 4) is 22.5 Å². The lowest BCUT2D eigenvalue weighted by molar-refractivity contribution is -0.131. The third kappa shape index (κ3) is 4.10. The summed E-state index contributed by atoms with van der Waals surface area (Å²) in [5.74, 6) is 0.0217. The molecule has 1 unspecified atom stereocenters. The standard InChI is InChI=1S/C25H25ClN6O/c1-30(2)19-13-14-31(15-19)20(33)16-32-25-21(23(29-32)17-9-5-3-6-10-17)22(26)24(27-28-25)18-11-7-4-8-12-18/h3-12,19H,13-16H2,1-2H3. The Kier molecular flexibility index (Phi) is 5.83. The van der Waals surface area contributed by atoms with E-state index in [-0.39, 0.29) is 12.5 Å². The van der Waals surface area contributed by atoms with Gasteiger partial charge in [-0.1, -0.05) is 72.3 Å². The van der Waals surface area contributed by atoms with Gasteiger partial charge in [0.05, 0.1) is 10.4 Å². The Morgan fingerprint density at radius 2 is 1.64 bits per heavy atom. The van der Waals surface area contributed by atoms with Gasteiger partial charge in [-0.15, -0.1) is 10.2 Å². The van der Waals surface area contributed by atoms with Crippen molar-refractivity contribution in [2.24, 2.45) is 0 Å². The summed E-state index contributed by atoms with van der Waals surface area (Å²) >= 11 is 6.91. The van der Waals surface area contributed by atoms with E-state index in [4.69, 9.17) is 16.7 Å². The summed E-state index contributed by atoms with van der Waals surface area (Å²) in [6.45, 7) is 1.57. The predicted octanol–water partition coefficient (Wildman–Crippen LogP) is 3.98. The van der Waals surface area contributed by atoms with E-state index >= 15 is 0 Å². The van der Waals surface area contributed by atoms with Gasteiger partial charge in [-0.05, 0) is 20.5 Å². The topological polar surface area (TPSA) is 67.2 Å². The van der Waals surface area contributed by atoms with Crippen LogP contribution in [-0.4, -0.2) is 68.9 Å². The highest BCUT2D eigenvalue weighted by Gasteiger charge is 2.29. The zero-order valence-corrected chi connectivity index (χ0v) is 19.4. The molecule has 7 nitrogen and oxygen atoms in total. The molecule has 2 aromatic carbocycles. The van der Waals surface area contributed by atoms with Gasteiger partial charge in [0.1, 0.15) is 17.9 Å². The first-order chi connectivity index (χ1) is 16.0. The fourth-order valence-electron chi connectivity index (χ4n) is 4.32. The van der Waals surface area contributed by atoms with Crippen LogP contribution in [0.3, 0.4) is 0 Å². The van der Waals surface area contributed by atoms with Crippen molar-refractivity contribution in [3.05, 3.63) is 65.7 Å². The van der Waals surface area contributed by atoms with Crippen LogP contribution in [0.1, 0.15) is 6.42 Å². The molecular weight excluding hydrogens is 436 g/mol. The highest BCUT2D eigenvalue weighted by atomic mass is 35.5. The zero-order valence-electron chi connectivity index (χ0n) is 18.6. The second kappa shape index (κ2) is 8.92. The summed E-state index contributed by atoms with van der Waals surface area (Å²) in [4.78, 5) is 17.2. The number of amides is 1. The van der Waals surface area contributed by atoms with Crippen LogP contribution in [0.25, 0.3) is 33.5 Å². The van der Waals surface area contributed by atoms with E-state index in [0.717, 1.165) is 30.6 Å². The minimum Gasteiger partial charge on any atom is -0.339 e. The van der Waals surface area contributed by atoms with E-state index in [0.29, 0.717) is 33.5 Å². The number of likely N-dealkylation sites (tertiary alicyclic amines) is 1. The lowest BCUT2D eigenvalue weighted by Gasteiger charge is -2.20. The Morgan fingerprint density at radius 3 is 2.24 bits per heavy atom. The maximum absolute atomic E-state index is 13.1. The minimum absolute atomic E-state index is 0.0217. The van der Waals surface area contributed by atoms with E-state index in [1.807, 2.05) is 79.7 Å². The van der Waals surface area contributed by atoms with Crippen LogP contribution >= 0.6 is 11.6 Å². The molecule has 0 N–H and O–H groups in total. The van der Waals surface area contributed by atoms with Gasteiger partial charge in [0.2, 0.25) is 5.91 Å². The Morgan fingerprint density at radius 1 is 1.00 bits per heavy atom. The number of halogens is 1. The lowest BCUT2D eigenvalue weighted by Crippen LogP contribution is -2.36. The molecule has 5 rings (SSSR count). The Labute approximate surface area is 197 Å². The van der Waals surface area contributed by atoms with E-state index in [1.165, 1.54) is 0 Å². The molecule has 4 aromatic rings. The predicted molar refractivity (Wildman–Crippen MR) is 130 cm³/mol. The Hall–Kier alpha value is -3.29. The van der Waals surface area contributed by atoms with Crippen molar-refractivity contribution in [2.75, 3.05) is 27.2 Å². The lowest BCUT2D eigenvalue weighted by atomic mass is 10.1. The third-order valence-corrected chi connectivity index (χ3v) is 6.59. The Bertz CT molecular complexity index is 1290. The highest BCUT2D eigenvalue weighted by Crippen LogP contribution is 2.37. The molecule has 1 aliphatic rings. The first-order valence-electron chi connectivity index (χ1n) is 11.0. The molecule has 0 spiro atoms. The van der Waals surface area contributed by atoms with Gasteiger partial charge >= 0.3 is 0 Å². The molecule has 0 bridgehead atoms. The molecule has 1 atom stereocenters. The molecule has 1 fully saturated rings. The van der Waals surface area contributed by atoms with Crippen LogP contribution in [0.5, 0.6) is 0 Å². The molecule has 8 heteroatoms. The van der Waals surface area contributed by atoms with Crippen LogP contribution < -0.4 is 0 Å². The first kappa shape index (κ1) is 21.6. The van der Waals surface area contributed by atoms with Gasteiger partial charge in [-0.2, -0.15) is 5.10 Å². The van der Waals surface area contributed by atoms with E-state index in [2.05, 4.69) is 15.1 Å². The zero-order chi connectivity index (χ0) is 22.9. The molecule has 1 aliphatic heterocycles. The second-order valence-corrected chi connectivity index (χ2v) is 8.92. The highest BCUT2D eigenvalue weighted by molar-refractivity contribution is 6.38. The molecule has 1 saturated heterocycles. The average molecular weight is 461 g/mol. The number of likely N-dealkylation sites (N-methyl/N-ethyl adjacent to an activating group) is 1. The smallest absolute Gasteiger partial charge is 0.244 e. The fourth-order valence-corrected chi connectivity index (χ4v) is 4.64. The van der Waals surface area contributed by atoms with Crippen LogP contribution in [0.2, 0.25) is 5.02 Å². The maximum Gasteiger partial charge on any atom is 0.244 e. The fraction of sp³-hybridized carbons (Fsp3) is 0.280. The van der Waals surface area contributed by atoms with Crippen molar-refractivity contribution in [1.82, 2.24) is 29.8 Å². The summed E-state index contributed by atoms with van der Waals surface area (Å²) < 4.78 is 1.64. The maximum atomic E-state index is 13.1. The summed E-state index contributed by atoms with van der Waals surface area (Å²) in [5.41, 5.74) is 3.60. The molecule has 168 valence electrons. The largest absolute Gasteiger partial charge is 0.339 e. The monoisotopic (exact) mass is 460 g/mol. The van der Waals surface area contributed by atoms with E-state index in [1.54, 1.807) is 4.68 Å². The molecule has 0 radical (unpaired) electrons. The minimum atomic E-state index is 0.0217. The van der Waals surface area contributed by atoms with Gasteiger partial charge in [-0.25, -0.2) is 4.68 Å². The van der Waals surface area contributed by atoms with Crippen molar-refractivity contribution < 1.29 is 4.79 Å². The number of benzene rings is 2. The average Bonchev–Trinajstić information content (AvgIpc) is 3.47. The molecular formula is C25H25ClN6O. The van der Waals surface area contributed by atoms with Crippen molar-refractivity contribution in [3.63, 3.8) is 0 Å². The van der Waals surface area contributed by atoms with Crippen molar-refractivity contribution >= 4 is 28.5 Å². The van der Waals surface area contributed by atoms with Crippen LogP contribution in [-0.2, 0) is 11.3 Å². The molecule has 33 heavy (non-hydrogen) atoms. The number of hydrogen-bond donors (Lipinski definition) is 0. The van der Waals surface area contributed by atoms with Crippen LogP contribution in [0.4, 0.5) is 0 Å². The number of nitrogens with zero attached hydrogens (tertiary/aromatic N) is 6. The third-order valence-electron chi connectivity index (χ3n) is 6.22. The van der Waals surface area contributed by atoms with Crippen LogP contribution in [0.15, 0.2) is 60.7 Å². The van der Waals surface area contributed by atoms with Gasteiger partial charge < -0.3 is 9.80 Å². The van der Waals surface area contributed by atoms with Crippen molar-refractivity contribution in [2.45, 2.75) is 19.0 Å². The summed E-state index contributed by atoms with van der Waals surface area (Å²) in [5, 5.41) is 14.9. The molecule has 2 aromatic heterocycles. The number of carbonyl (C=O) groups is 1. The van der Waals surface area contributed by atoms with Gasteiger partial charge in [0.15, 0.2) is 5.65 Å². The number of rotatable bonds is 5.